The van der Waals surface area contributed by atoms with Crippen LogP contribution in [0.25, 0.3) is 10.8 Å². The molecule has 8 heteroatoms. The van der Waals surface area contributed by atoms with Gasteiger partial charge >= 0.3 is 0 Å². The maximum absolute atomic E-state index is 12.7. The Bertz CT molecular complexity index is 1230. The Balaban J connectivity index is 1.44. The second-order valence-corrected chi connectivity index (χ2v) is 7.35. The van der Waals surface area contributed by atoms with Crippen molar-refractivity contribution >= 4 is 16.7 Å². The molecule has 2 aromatic heterocycles. The average molecular weight is 420 g/mol. The number of aryl methyl sites for hydroxylation is 2. The average Bonchev–Trinajstić information content (AvgIpc) is 3.37. The number of hydrogen-bond acceptors (Lipinski definition) is 6. The van der Waals surface area contributed by atoms with Crippen molar-refractivity contribution in [1.29, 1.82) is 0 Å². The van der Waals surface area contributed by atoms with Gasteiger partial charge in [0.25, 0.3) is 5.91 Å². The third kappa shape index (κ3) is 4.23. The van der Waals surface area contributed by atoms with E-state index >= 15 is 0 Å². The minimum absolute atomic E-state index is 0.155. The maximum atomic E-state index is 12.7. The molecule has 4 rings (SSSR count). The van der Waals surface area contributed by atoms with E-state index in [9.17, 15) is 4.79 Å². The first kappa shape index (κ1) is 20.5. The van der Waals surface area contributed by atoms with Gasteiger partial charge in [-0.3, -0.25) is 9.48 Å². The summed E-state index contributed by atoms with van der Waals surface area (Å²) in [6.07, 6.45) is 1.90. The highest BCUT2D eigenvalue weighted by molar-refractivity contribution is 5.93. The Morgan fingerprint density at radius 2 is 1.87 bits per heavy atom. The molecule has 2 heterocycles. The lowest BCUT2D eigenvalue weighted by Gasteiger charge is -2.14. The number of hydrogen-bond donors (Lipinski definition) is 0. The first-order valence-corrected chi connectivity index (χ1v) is 9.85. The van der Waals surface area contributed by atoms with E-state index in [0.29, 0.717) is 18.1 Å². The van der Waals surface area contributed by atoms with Gasteiger partial charge in [0.15, 0.2) is 11.5 Å². The number of carbonyl (C=O) groups excluding carboxylic acids is 1. The predicted molar refractivity (Wildman–Crippen MR) is 115 cm³/mol. The van der Waals surface area contributed by atoms with Crippen molar-refractivity contribution in [1.82, 2.24) is 19.8 Å². The van der Waals surface area contributed by atoms with E-state index < -0.39 is 0 Å². The number of benzene rings is 2. The van der Waals surface area contributed by atoms with Crippen LogP contribution in [0.2, 0.25) is 0 Å². The van der Waals surface area contributed by atoms with Gasteiger partial charge < -0.3 is 18.9 Å². The van der Waals surface area contributed by atoms with Crippen LogP contribution >= 0.6 is 0 Å². The summed E-state index contributed by atoms with van der Waals surface area (Å²) in [6.45, 7) is 2.51. The molecule has 0 N–H and O–H groups in total. The molecule has 1 amide bonds. The number of carbonyl (C=O) groups is 1. The van der Waals surface area contributed by atoms with Crippen molar-refractivity contribution in [2.24, 2.45) is 7.05 Å². The number of nitrogens with zero attached hydrogens (tertiary/aromatic N) is 4. The topological polar surface area (TPSA) is 82.6 Å². The standard InChI is InChI=1S/C23H24N4O4/c1-15-16(13-27(3)24-15)12-26(2)23(28)20-11-17(31-25-20)14-30-22-10-9-21(29-4)18-7-5-6-8-19(18)22/h5-11,13H,12,14H2,1-4H3. The first-order valence-electron chi connectivity index (χ1n) is 9.85. The molecular weight excluding hydrogens is 396 g/mol. The Labute approximate surface area is 180 Å². The van der Waals surface area contributed by atoms with Gasteiger partial charge in [0.05, 0.1) is 12.8 Å². The molecule has 0 aliphatic rings. The highest BCUT2D eigenvalue weighted by Gasteiger charge is 2.19. The summed E-state index contributed by atoms with van der Waals surface area (Å²) in [6, 6.07) is 13.2. The van der Waals surface area contributed by atoms with Crippen LogP contribution in [-0.4, -0.2) is 39.9 Å². The van der Waals surface area contributed by atoms with E-state index in [0.717, 1.165) is 27.8 Å². The fourth-order valence-electron chi connectivity index (χ4n) is 3.51. The van der Waals surface area contributed by atoms with Crippen molar-refractivity contribution in [3.63, 3.8) is 0 Å². The van der Waals surface area contributed by atoms with Gasteiger partial charge in [-0.15, -0.1) is 0 Å². The fraction of sp³-hybridized carbons (Fsp3) is 0.261. The molecule has 0 atom stereocenters. The molecule has 0 fully saturated rings. The second kappa shape index (κ2) is 8.51. The van der Waals surface area contributed by atoms with Crippen LogP contribution in [0.15, 0.2) is 53.2 Å². The largest absolute Gasteiger partial charge is 0.496 e. The molecule has 0 bridgehead atoms. The minimum Gasteiger partial charge on any atom is -0.496 e. The summed E-state index contributed by atoms with van der Waals surface area (Å²) in [5.74, 6) is 1.72. The summed E-state index contributed by atoms with van der Waals surface area (Å²) >= 11 is 0. The molecule has 8 nitrogen and oxygen atoms in total. The zero-order chi connectivity index (χ0) is 22.0. The minimum atomic E-state index is -0.229. The zero-order valence-electron chi connectivity index (χ0n) is 18.0. The quantitative estimate of drug-likeness (QED) is 0.453. The Morgan fingerprint density at radius 3 is 2.55 bits per heavy atom. The van der Waals surface area contributed by atoms with Crippen LogP contribution in [0.1, 0.15) is 27.5 Å². The summed E-state index contributed by atoms with van der Waals surface area (Å²) in [5, 5.41) is 10.1. The number of amides is 1. The van der Waals surface area contributed by atoms with Gasteiger partial charge in [-0.2, -0.15) is 5.10 Å². The molecule has 0 radical (unpaired) electrons. The van der Waals surface area contributed by atoms with Crippen molar-refractivity contribution in [3.8, 4) is 11.5 Å². The normalized spacial score (nSPS) is 11.0. The molecule has 0 unspecified atom stereocenters. The predicted octanol–water partition coefficient (Wildman–Crippen LogP) is 3.73. The van der Waals surface area contributed by atoms with Gasteiger partial charge in [-0.05, 0) is 19.1 Å². The van der Waals surface area contributed by atoms with Crippen LogP contribution in [-0.2, 0) is 20.2 Å². The molecular formula is C23H24N4O4. The molecule has 4 aromatic rings. The summed E-state index contributed by atoms with van der Waals surface area (Å²) < 4.78 is 18.4. The van der Waals surface area contributed by atoms with Crippen molar-refractivity contribution in [2.75, 3.05) is 14.2 Å². The van der Waals surface area contributed by atoms with E-state index in [1.54, 1.807) is 29.8 Å². The Morgan fingerprint density at radius 1 is 1.16 bits per heavy atom. The summed E-state index contributed by atoms with van der Waals surface area (Å²) in [5.41, 5.74) is 2.11. The zero-order valence-corrected chi connectivity index (χ0v) is 18.0. The fourth-order valence-corrected chi connectivity index (χ4v) is 3.51. The molecule has 2 aromatic carbocycles. The Hall–Kier alpha value is -3.81. The lowest BCUT2D eigenvalue weighted by atomic mass is 10.1. The second-order valence-electron chi connectivity index (χ2n) is 7.35. The lowest BCUT2D eigenvalue weighted by molar-refractivity contribution is 0.0774. The van der Waals surface area contributed by atoms with Crippen LogP contribution in [0.4, 0.5) is 0 Å². The molecule has 31 heavy (non-hydrogen) atoms. The van der Waals surface area contributed by atoms with Gasteiger partial charge in [-0.25, -0.2) is 0 Å². The van der Waals surface area contributed by atoms with Crippen LogP contribution in [0.3, 0.4) is 0 Å². The van der Waals surface area contributed by atoms with Crippen LogP contribution in [0, 0.1) is 6.92 Å². The number of fused-ring (bicyclic) bond motifs is 1. The highest BCUT2D eigenvalue weighted by Crippen LogP contribution is 2.33. The van der Waals surface area contributed by atoms with Crippen molar-refractivity contribution in [2.45, 2.75) is 20.1 Å². The van der Waals surface area contributed by atoms with Gasteiger partial charge in [0.2, 0.25) is 0 Å². The molecule has 160 valence electrons. The SMILES string of the molecule is COc1ccc(OCc2cc(C(=O)N(C)Cc3cn(C)nc3C)no2)c2ccccc12. The van der Waals surface area contributed by atoms with Gasteiger partial charge in [-0.1, -0.05) is 29.4 Å². The van der Waals surface area contributed by atoms with Gasteiger partial charge in [0, 0.05) is 49.2 Å². The summed E-state index contributed by atoms with van der Waals surface area (Å²) in [7, 11) is 5.22. The van der Waals surface area contributed by atoms with E-state index in [1.807, 2.05) is 56.6 Å². The molecule has 0 aliphatic heterocycles. The van der Waals surface area contributed by atoms with Crippen LogP contribution < -0.4 is 9.47 Å². The Kier molecular flexibility index (Phi) is 5.62. The van der Waals surface area contributed by atoms with E-state index in [-0.39, 0.29) is 18.2 Å². The summed E-state index contributed by atoms with van der Waals surface area (Å²) in [4.78, 5) is 14.3. The first-order chi connectivity index (χ1) is 15.0. The number of ether oxygens (including phenoxy) is 2. The van der Waals surface area contributed by atoms with E-state index in [4.69, 9.17) is 14.0 Å². The smallest absolute Gasteiger partial charge is 0.276 e. The molecule has 0 saturated heterocycles. The number of aromatic nitrogens is 3. The van der Waals surface area contributed by atoms with Gasteiger partial charge in [0.1, 0.15) is 18.1 Å². The van der Waals surface area contributed by atoms with Crippen molar-refractivity contribution < 1.29 is 18.8 Å². The van der Waals surface area contributed by atoms with Crippen molar-refractivity contribution in [3.05, 3.63) is 71.4 Å². The number of methoxy groups -OCH3 is 1. The maximum Gasteiger partial charge on any atom is 0.276 e. The molecule has 0 aliphatic carbocycles. The van der Waals surface area contributed by atoms with Crippen LogP contribution in [0.5, 0.6) is 11.5 Å². The number of rotatable bonds is 7. The van der Waals surface area contributed by atoms with E-state index in [2.05, 4.69) is 10.3 Å². The highest BCUT2D eigenvalue weighted by atomic mass is 16.5. The van der Waals surface area contributed by atoms with E-state index in [1.165, 1.54) is 0 Å². The lowest BCUT2D eigenvalue weighted by Crippen LogP contribution is -2.26. The monoisotopic (exact) mass is 420 g/mol. The molecule has 0 saturated carbocycles. The third-order valence-corrected chi connectivity index (χ3v) is 5.08. The molecule has 0 spiro atoms. The third-order valence-electron chi connectivity index (χ3n) is 5.08.